The number of nitriles is 1. The van der Waals surface area contributed by atoms with Crippen molar-refractivity contribution in [2.45, 2.75) is 133 Å². The predicted molar refractivity (Wildman–Crippen MR) is 208 cm³/mol. The van der Waals surface area contributed by atoms with Crippen LogP contribution in [0.4, 0.5) is 33.7 Å². The molecule has 0 aromatic heterocycles. The smallest absolute Gasteiger partial charge is 0.408 e. The first-order valence-corrected chi connectivity index (χ1v) is 21.6. The third-order valence-corrected chi connectivity index (χ3v) is 14.8. The van der Waals surface area contributed by atoms with Crippen LogP contribution in [0.15, 0.2) is 35.3 Å². The average Bonchev–Trinajstić information content (AvgIpc) is 4.12. The molecule has 3 aliphatic heterocycles. The van der Waals surface area contributed by atoms with Crippen LogP contribution in [-0.4, -0.2) is 103 Å². The van der Waals surface area contributed by atoms with Crippen LogP contribution in [-0.2, 0) is 33.9 Å². The Kier molecular flexibility index (Phi) is 10.9. The first-order valence-electron chi connectivity index (χ1n) is 20.1. The van der Waals surface area contributed by atoms with Crippen molar-refractivity contribution in [3.63, 3.8) is 0 Å². The summed E-state index contributed by atoms with van der Waals surface area (Å²) < 4.78 is 102. The Morgan fingerprint density at radius 2 is 1.85 bits per heavy atom. The lowest BCUT2D eigenvalue weighted by atomic mass is 9.85. The summed E-state index contributed by atoms with van der Waals surface area (Å²) in [6.07, 6.45) is -4.19. The van der Waals surface area contributed by atoms with Crippen molar-refractivity contribution in [1.29, 1.82) is 5.26 Å². The van der Waals surface area contributed by atoms with Crippen molar-refractivity contribution in [2.24, 2.45) is 28.2 Å². The van der Waals surface area contributed by atoms with Crippen LogP contribution in [0, 0.1) is 34.5 Å². The maximum Gasteiger partial charge on any atom is 0.408 e. The fourth-order valence-corrected chi connectivity index (χ4v) is 9.63. The van der Waals surface area contributed by atoms with Gasteiger partial charge in [0.2, 0.25) is 28.3 Å². The molecule has 4 amide bonds. The summed E-state index contributed by atoms with van der Waals surface area (Å²) in [6.45, 7) is 6.84. The van der Waals surface area contributed by atoms with E-state index in [0.29, 0.717) is 29.8 Å². The number of nitrogens with one attached hydrogen (secondary N) is 4. The number of ether oxygens (including phenoxy) is 2. The molecule has 2 bridgehead atoms. The van der Waals surface area contributed by atoms with E-state index >= 15 is 8.78 Å². The minimum Gasteiger partial charge on any atom is -0.473 e. The summed E-state index contributed by atoms with van der Waals surface area (Å²) in [5.74, 6) is -11.7. The van der Waals surface area contributed by atoms with Crippen molar-refractivity contribution in [3.05, 3.63) is 35.9 Å². The summed E-state index contributed by atoms with van der Waals surface area (Å²) >= 11 is 0. The van der Waals surface area contributed by atoms with Crippen molar-refractivity contribution in [2.75, 3.05) is 11.9 Å². The molecule has 0 radical (unpaired) electrons. The van der Waals surface area contributed by atoms with E-state index in [0.717, 1.165) is 0 Å². The first-order chi connectivity index (χ1) is 28.1. The van der Waals surface area contributed by atoms with E-state index in [9.17, 15) is 41.6 Å². The molecule has 6 aliphatic rings. The van der Waals surface area contributed by atoms with Crippen molar-refractivity contribution >= 4 is 51.1 Å². The van der Waals surface area contributed by atoms with Crippen LogP contribution in [0.3, 0.4) is 0 Å². The van der Waals surface area contributed by atoms with Crippen molar-refractivity contribution in [3.8, 4) is 6.07 Å². The van der Waals surface area contributed by atoms with E-state index in [-0.39, 0.29) is 42.3 Å². The number of fused-ring (bicyclic) bond motifs is 5. The first kappa shape index (κ1) is 43.2. The lowest BCUT2D eigenvalue weighted by Crippen LogP contribution is -2.66. The van der Waals surface area contributed by atoms with E-state index in [2.05, 4.69) is 20.9 Å². The second-order valence-electron chi connectivity index (χ2n) is 18.0. The van der Waals surface area contributed by atoms with Gasteiger partial charge in [-0.05, 0) is 81.4 Å². The normalized spacial score (nSPS) is 35.1. The molecule has 0 spiro atoms. The van der Waals surface area contributed by atoms with Gasteiger partial charge < -0.3 is 25.4 Å². The lowest BCUT2D eigenvalue weighted by molar-refractivity contribution is -0.164. The molecule has 3 aliphatic carbocycles. The standard InChI is InChI=1S/C40H49F4N7O8S/c1-6-22-28-19-51(40(22,44)35(54)49-39(17-23(39)31(42)43)34(53)50-60(56,57)38(5)13-14-38)33(52)30(37(2,3)4)48-36(55)59-27-16-21(27)9-7-8-10-24(41)29-32(58-28)47-26-15-20(18-45)11-12-25(26)46-29/h8,10-12,15,21-24,27-31,46H,6-7,9,13-14,16-17,19H2,1-5H3,(H,48,55)(H,49,54)(H,50,53)/b10-8-/t21-,22+,23+,24?,27-,28+,29?,30-,39-,40-/m1/s1. The predicted octanol–water partition coefficient (Wildman–Crippen LogP) is 4.66. The van der Waals surface area contributed by atoms with E-state index in [1.54, 1.807) is 32.9 Å². The van der Waals surface area contributed by atoms with Gasteiger partial charge in [0.1, 0.15) is 36.0 Å². The number of aliphatic imine (C=N–C) groups is 1. The van der Waals surface area contributed by atoms with E-state index < -0.39 is 117 Å². The quantitative estimate of drug-likeness (QED) is 0.169. The number of nitrogens with zero attached hydrogens (tertiary/aromatic N) is 3. The minimum atomic E-state index is -4.40. The van der Waals surface area contributed by atoms with Crippen LogP contribution in [0.1, 0.15) is 85.1 Å². The number of rotatable bonds is 7. The number of alkyl carbamates (subject to hydrolysis) is 1. The van der Waals surface area contributed by atoms with E-state index in [1.807, 2.05) is 10.8 Å². The Morgan fingerprint density at radius 3 is 2.47 bits per heavy atom. The van der Waals surface area contributed by atoms with Crippen molar-refractivity contribution in [1.82, 2.24) is 20.3 Å². The zero-order valence-corrected chi connectivity index (χ0v) is 34.6. The van der Waals surface area contributed by atoms with Gasteiger partial charge in [0.15, 0.2) is 0 Å². The fourth-order valence-electron chi connectivity index (χ4n) is 8.32. The van der Waals surface area contributed by atoms with Crippen LogP contribution < -0.4 is 20.7 Å². The zero-order valence-electron chi connectivity index (χ0n) is 33.8. The van der Waals surface area contributed by atoms with Gasteiger partial charge in [-0.1, -0.05) is 39.8 Å². The summed E-state index contributed by atoms with van der Waals surface area (Å²) in [6, 6.07) is 3.61. The van der Waals surface area contributed by atoms with E-state index in [4.69, 9.17) is 9.47 Å². The summed E-state index contributed by atoms with van der Waals surface area (Å²) in [7, 11) is -4.40. The maximum atomic E-state index is 18.5. The number of hydrogen-bond donors (Lipinski definition) is 4. The Labute approximate surface area is 345 Å². The van der Waals surface area contributed by atoms with Crippen LogP contribution in [0.25, 0.3) is 0 Å². The number of benzene rings is 1. The van der Waals surface area contributed by atoms with Gasteiger partial charge in [-0.15, -0.1) is 0 Å². The number of alkyl halides is 4. The third kappa shape index (κ3) is 7.77. The molecule has 7 rings (SSSR count). The molecule has 1 aromatic rings. The highest BCUT2D eigenvalue weighted by Gasteiger charge is 2.71. The Bertz CT molecular complexity index is 2170. The molecule has 3 heterocycles. The molecule has 4 N–H and O–H groups in total. The second-order valence-corrected chi connectivity index (χ2v) is 20.2. The third-order valence-electron chi connectivity index (χ3n) is 12.7. The molecule has 10 atom stereocenters. The Morgan fingerprint density at radius 1 is 1.13 bits per heavy atom. The lowest BCUT2D eigenvalue weighted by Gasteiger charge is -2.39. The molecule has 1 aromatic carbocycles. The highest BCUT2D eigenvalue weighted by atomic mass is 32.2. The van der Waals surface area contributed by atoms with Gasteiger partial charge in [0.25, 0.3) is 17.6 Å². The summed E-state index contributed by atoms with van der Waals surface area (Å²) in [5.41, 5.74) is -2.96. The number of anilines is 1. The molecule has 4 fully saturated rings. The topological polar surface area (TPSA) is 208 Å². The van der Waals surface area contributed by atoms with E-state index in [1.165, 1.54) is 32.1 Å². The Balaban J connectivity index is 1.30. The van der Waals surface area contributed by atoms with Crippen LogP contribution in [0.2, 0.25) is 0 Å². The van der Waals surface area contributed by atoms with Gasteiger partial charge >= 0.3 is 6.09 Å². The van der Waals surface area contributed by atoms with Gasteiger partial charge in [-0.3, -0.25) is 24.0 Å². The van der Waals surface area contributed by atoms with Gasteiger partial charge in [0.05, 0.1) is 46.1 Å². The molecule has 1 saturated heterocycles. The number of halogens is 4. The molecule has 326 valence electrons. The monoisotopic (exact) mass is 863 g/mol. The number of allylic oxidation sites excluding steroid dienone is 1. The molecule has 2 unspecified atom stereocenters. The van der Waals surface area contributed by atoms with Crippen LogP contribution in [0.5, 0.6) is 0 Å². The summed E-state index contributed by atoms with van der Waals surface area (Å²) in [4.78, 5) is 61.4. The maximum absolute atomic E-state index is 18.5. The molecule has 60 heavy (non-hydrogen) atoms. The largest absolute Gasteiger partial charge is 0.473 e. The number of sulfonamides is 1. The van der Waals surface area contributed by atoms with Gasteiger partial charge in [-0.25, -0.2) is 35.8 Å². The fraction of sp³-hybridized carbons (Fsp3) is 0.650. The number of carbonyl (C=O) groups is 4. The number of amides is 4. The molecule has 3 saturated carbocycles. The van der Waals surface area contributed by atoms with Crippen LogP contribution >= 0.6 is 0 Å². The number of hydrogen-bond acceptors (Lipinski definition) is 11. The zero-order chi connectivity index (χ0) is 43.7. The van der Waals surface area contributed by atoms with Gasteiger partial charge in [0, 0.05) is 0 Å². The Hall–Kier alpha value is -4.93. The minimum absolute atomic E-state index is 0.0476. The number of carbonyl (C=O) groups excluding carboxylic acids is 4. The highest BCUT2D eigenvalue weighted by molar-refractivity contribution is 7.91. The molecular weight excluding hydrogens is 815 g/mol. The molecule has 20 heteroatoms. The SMILES string of the molecule is CC[C@H]1[C@@H]2CN(C(=O)[C@H](C(C)(C)C)NC(=O)O[C@@H]3C[C@H]3CC/C=C\C(F)C3Nc4ccc(C#N)cc4N=C3O2)[C@@]1(F)C(=O)N[C@]1(C(=O)NS(=O)(=O)C2(C)CC2)C[C@H]1C(F)F. The molecular formula is C40H49F4N7O8S. The van der Waals surface area contributed by atoms with Crippen molar-refractivity contribution < 1.29 is 54.6 Å². The second kappa shape index (κ2) is 15.2. The average molecular weight is 864 g/mol. The van der Waals surface area contributed by atoms with Gasteiger partial charge in [-0.2, -0.15) is 5.26 Å². The highest BCUT2D eigenvalue weighted by Crippen LogP contribution is 2.51. The molecule has 15 nitrogen and oxygen atoms in total. The summed E-state index contributed by atoms with van der Waals surface area (Å²) in [5, 5.41) is 17.2.